The molecule has 0 amide bonds. The largest absolute Gasteiger partial charge is 0.399 e. The van der Waals surface area contributed by atoms with Crippen molar-refractivity contribution in [2.45, 2.75) is 6.18 Å². The Labute approximate surface area is 69.8 Å². The molecule has 1 heterocycles. The molecule has 1 aromatic heterocycles. The topological polar surface area (TPSA) is 12.9 Å². The van der Waals surface area contributed by atoms with Crippen LogP contribution in [0.3, 0.4) is 0 Å². The van der Waals surface area contributed by atoms with Gasteiger partial charge in [-0.05, 0) is 0 Å². The summed E-state index contributed by atoms with van der Waals surface area (Å²) in [6, 6.07) is 0. The maximum atomic E-state index is 11.6. The molecule has 0 saturated carbocycles. The van der Waals surface area contributed by atoms with Crippen LogP contribution in [0.1, 0.15) is 5.01 Å². The summed E-state index contributed by atoms with van der Waals surface area (Å²) in [6.07, 6.45) is -3.02. The molecule has 6 heteroatoms. The van der Waals surface area contributed by atoms with Crippen LogP contribution in [0.5, 0.6) is 0 Å². The van der Waals surface area contributed by atoms with Gasteiger partial charge < -0.3 is 0 Å². The smallest absolute Gasteiger partial charge is 0.247 e. The summed E-state index contributed by atoms with van der Waals surface area (Å²) in [5.41, 5.74) is 0. The molecule has 0 aliphatic heterocycles. The molecule has 1 rings (SSSR count). The number of hydrogen-bond acceptors (Lipinski definition) is 2. The molecule has 0 aromatic carbocycles. The Morgan fingerprint density at radius 3 is 2.55 bits per heavy atom. The number of alkyl halides is 3. The van der Waals surface area contributed by atoms with Crippen molar-refractivity contribution in [3.63, 3.8) is 0 Å². The molecule has 1 radical (unpaired) electrons. The maximum absolute atomic E-state index is 11.6. The first-order valence-corrected chi connectivity index (χ1v) is 3.71. The molecule has 0 aliphatic rings. The molecular weight excluding hydrogens is 199 g/mol. The quantitative estimate of drug-likeness (QED) is 0.679. The minimum atomic E-state index is -4.32. The normalized spacial score (nSPS) is 12.0. The van der Waals surface area contributed by atoms with Gasteiger partial charge in [0.25, 0.3) is 0 Å². The summed E-state index contributed by atoms with van der Waals surface area (Å²) >= 11 is 6.15. The van der Waals surface area contributed by atoms with Gasteiger partial charge in [-0.25, -0.2) is 4.98 Å². The third-order valence-corrected chi connectivity index (χ3v) is 1.84. The van der Waals surface area contributed by atoms with Crippen LogP contribution >= 0.6 is 22.9 Å². The zero-order chi connectivity index (χ0) is 8.48. The van der Waals surface area contributed by atoms with E-state index in [1.807, 2.05) is 0 Å². The SMILES string of the molecule is FC(F)(F)[CH]c1ncc(Cl)s1. The summed E-state index contributed by atoms with van der Waals surface area (Å²) in [7, 11) is 0. The molecule has 0 unspecified atom stereocenters. The van der Waals surface area contributed by atoms with Crippen LogP contribution in [-0.2, 0) is 0 Å². The van der Waals surface area contributed by atoms with Crippen LogP contribution in [0.2, 0.25) is 4.34 Å². The molecule has 0 aliphatic carbocycles. The van der Waals surface area contributed by atoms with E-state index in [2.05, 4.69) is 4.98 Å². The van der Waals surface area contributed by atoms with Crippen molar-refractivity contribution in [3.05, 3.63) is 22.0 Å². The van der Waals surface area contributed by atoms with E-state index in [0.717, 1.165) is 11.3 Å². The van der Waals surface area contributed by atoms with E-state index in [0.29, 0.717) is 0 Å². The predicted molar refractivity (Wildman–Crippen MR) is 36.6 cm³/mol. The van der Waals surface area contributed by atoms with Gasteiger partial charge in [0.15, 0.2) is 0 Å². The average Bonchev–Trinajstić information content (AvgIpc) is 2.10. The average molecular weight is 201 g/mol. The number of rotatable bonds is 1. The third-order valence-electron chi connectivity index (χ3n) is 0.782. The fraction of sp³-hybridized carbons (Fsp3) is 0.200. The lowest BCUT2D eigenvalue weighted by Crippen LogP contribution is -2.08. The highest BCUT2D eigenvalue weighted by molar-refractivity contribution is 7.16. The van der Waals surface area contributed by atoms with Crippen LogP contribution in [0.4, 0.5) is 13.2 Å². The highest BCUT2D eigenvalue weighted by Gasteiger charge is 2.29. The van der Waals surface area contributed by atoms with Crippen LogP contribution in [-0.4, -0.2) is 11.2 Å². The van der Waals surface area contributed by atoms with Crippen molar-refractivity contribution in [1.82, 2.24) is 4.98 Å². The summed E-state index contributed by atoms with van der Waals surface area (Å²) in [5, 5.41) is -0.123. The van der Waals surface area contributed by atoms with E-state index in [1.165, 1.54) is 6.20 Å². The Hall–Kier alpha value is -0.290. The highest BCUT2D eigenvalue weighted by Crippen LogP contribution is 2.27. The molecule has 0 bridgehead atoms. The van der Waals surface area contributed by atoms with Crippen molar-refractivity contribution in [2.75, 3.05) is 0 Å². The van der Waals surface area contributed by atoms with Crippen LogP contribution in [0.25, 0.3) is 0 Å². The molecule has 1 aromatic rings. The van der Waals surface area contributed by atoms with Gasteiger partial charge in [-0.15, -0.1) is 11.3 Å². The summed E-state index contributed by atoms with van der Waals surface area (Å²) in [5.74, 6) is 0. The Morgan fingerprint density at radius 2 is 2.18 bits per heavy atom. The van der Waals surface area contributed by atoms with Gasteiger partial charge in [0.1, 0.15) is 15.8 Å². The lowest BCUT2D eigenvalue weighted by molar-refractivity contribution is -0.0927. The first-order valence-electron chi connectivity index (χ1n) is 2.51. The number of nitrogens with zero attached hydrogens (tertiary/aromatic N) is 1. The maximum Gasteiger partial charge on any atom is 0.399 e. The summed E-state index contributed by atoms with van der Waals surface area (Å²) in [6.45, 7) is 0. The highest BCUT2D eigenvalue weighted by atomic mass is 35.5. The predicted octanol–water partition coefficient (Wildman–Crippen LogP) is 2.91. The molecule has 0 spiro atoms. The Bertz CT molecular complexity index is 244. The van der Waals surface area contributed by atoms with Crippen LogP contribution < -0.4 is 0 Å². The molecule has 11 heavy (non-hydrogen) atoms. The molecule has 0 N–H and O–H groups in total. The van der Waals surface area contributed by atoms with E-state index in [-0.39, 0.29) is 15.8 Å². The molecule has 0 saturated heterocycles. The van der Waals surface area contributed by atoms with Gasteiger partial charge in [0.05, 0.1) is 6.20 Å². The van der Waals surface area contributed by atoms with Gasteiger partial charge in [-0.2, -0.15) is 13.2 Å². The van der Waals surface area contributed by atoms with E-state index in [1.54, 1.807) is 0 Å². The van der Waals surface area contributed by atoms with Crippen LogP contribution in [0.15, 0.2) is 6.20 Å². The molecule has 1 nitrogen and oxygen atoms in total. The van der Waals surface area contributed by atoms with Crippen LogP contribution in [0, 0.1) is 6.42 Å². The van der Waals surface area contributed by atoms with Gasteiger partial charge in [0, 0.05) is 0 Å². The lowest BCUT2D eigenvalue weighted by atomic mass is 10.4. The number of aromatic nitrogens is 1. The molecular formula is C5H2ClF3NS. The first-order chi connectivity index (χ1) is 4.97. The fourth-order valence-corrected chi connectivity index (χ4v) is 1.36. The van der Waals surface area contributed by atoms with Crippen molar-refractivity contribution >= 4 is 22.9 Å². The fourth-order valence-electron chi connectivity index (χ4n) is 0.474. The van der Waals surface area contributed by atoms with Crippen molar-refractivity contribution in [1.29, 1.82) is 0 Å². The lowest BCUT2D eigenvalue weighted by Gasteiger charge is -2.00. The second kappa shape index (κ2) is 2.98. The summed E-state index contributed by atoms with van der Waals surface area (Å²) in [4.78, 5) is 3.41. The zero-order valence-electron chi connectivity index (χ0n) is 5.02. The number of halogens is 4. The van der Waals surface area contributed by atoms with Crippen molar-refractivity contribution < 1.29 is 13.2 Å². The second-order valence-electron chi connectivity index (χ2n) is 1.69. The number of thiazole rings is 1. The van der Waals surface area contributed by atoms with Crippen molar-refractivity contribution in [3.8, 4) is 0 Å². The van der Waals surface area contributed by atoms with Gasteiger partial charge in [0.2, 0.25) is 0 Å². The van der Waals surface area contributed by atoms with E-state index >= 15 is 0 Å². The molecule has 0 atom stereocenters. The van der Waals surface area contributed by atoms with Gasteiger partial charge >= 0.3 is 6.18 Å². The molecule has 61 valence electrons. The van der Waals surface area contributed by atoms with Gasteiger partial charge in [-0.3, -0.25) is 0 Å². The van der Waals surface area contributed by atoms with Crippen molar-refractivity contribution in [2.24, 2.45) is 0 Å². The monoisotopic (exact) mass is 200 g/mol. The third kappa shape index (κ3) is 3.07. The zero-order valence-corrected chi connectivity index (χ0v) is 6.59. The number of hydrogen-bond donors (Lipinski definition) is 0. The summed E-state index contributed by atoms with van der Waals surface area (Å²) < 4.78 is 35.1. The standard InChI is InChI=1S/C5H2ClF3NS/c6-3-2-10-4(11-3)1-5(7,8)9/h1-2H. The van der Waals surface area contributed by atoms with E-state index in [9.17, 15) is 13.2 Å². The second-order valence-corrected chi connectivity index (χ2v) is 3.38. The minimum Gasteiger partial charge on any atom is -0.247 e. The van der Waals surface area contributed by atoms with Gasteiger partial charge in [-0.1, -0.05) is 11.6 Å². The van der Waals surface area contributed by atoms with E-state index in [4.69, 9.17) is 11.6 Å². The first kappa shape index (κ1) is 8.80. The Balaban J connectivity index is 2.65. The Morgan fingerprint density at radius 1 is 1.55 bits per heavy atom. The van der Waals surface area contributed by atoms with E-state index < -0.39 is 6.18 Å². The minimum absolute atomic E-state index is 0.115. The molecule has 0 fully saturated rings. The Kier molecular flexibility index (Phi) is 2.39.